The molecular formula is C28H26FN5O3S. The SMILES string of the molecule is COc1ccccc1C(=O)NCc1nnc(SCC(=O)N2CCCc3ccccc32)n1-c1ccc(F)cc1. The number of ether oxygens (including phenoxy) is 1. The van der Waals surface area contributed by atoms with Gasteiger partial charge in [0.15, 0.2) is 11.0 Å². The number of methoxy groups -OCH3 is 1. The Bertz CT molecular complexity index is 1460. The van der Waals surface area contributed by atoms with Crippen molar-refractivity contribution in [1.82, 2.24) is 20.1 Å². The lowest BCUT2D eigenvalue weighted by Gasteiger charge is -2.29. The van der Waals surface area contributed by atoms with E-state index in [0.29, 0.717) is 34.5 Å². The number of nitrogens with zero attached hydrogens (tertiary/aromatic N) is 4. The van der Waals surface area contributed by atoms with Crippen molar-refractivity contribution in [2.75, 3.05) is 24.3 Å². The fraction of sp³-hybridized carbons (Fsp3) is 0.214. The third-order valence-electron chi connectivity index (χ3n) is 6.28. The van der Waals surface area contributed by atoms with Gasteiger partial charge in [-0.05, 0) is 60.9 Å². The molecule has 2 heterocycles. The number of thioether (sulfide) groups is 1. The highest BCUT2D eigenvalue weighted by atomic mass is 32.2. The number of amides is 2. The Morgan fingerprint density at radius 3 is 2.61 bits per heavy atom. The summed E-state index contributed by atoms with van der Waals surface area (Å²) < 4.78 is 20.7. The summed E-state index contributed by atoms with van der Waals surface area (Å²) in [6.07, 6.45) is 1.87. The first-order valence-electron chi connectivity index (χ1n) is 12.2. The van der Waals surface area contributed by atoms with Crippen LogP contribution in [0.1, 0.15) is 28.2 Å². The number of halogens is 1. The van der Waals surface area contributed by atoms with Gasteiger partial charge in [-0.2, -0.15) is 0 Å². The first kappa shape index (κ1) is 25.5. The molecule has 0 spiro atoms. The van der Waals surface area contributed by atoms with Gasteiger partial charge in [0.25, 0.3) is 5.91 Å². The molecule has 1 aromatic heterocycles. The Morgan fingerprint density at radius 1 is 1.03 bits per heavy atom. The van der Waals surface area contributed by atoms with Crippen molar-refractivity contribution in [2.45, 2.75) is 24.5 Å². The fourth-order valence-electron chi connectivity index (χ4n) is 4.44. The summed E-state index contributed by atoms with van der Waals surface area (Å²) in [4.78, 5) is 27.8. The molecule has 0 unspecified atom stereocenters. The zero-order valence-electron chi connectivity index (χ0n) is 20.8. The quantitative estimate of drug-likeness (QED) is 0.339. The van der Waals surface area contributed by atoms with E-state index in [9.17, 15) is 14.0 Å². The minimum absolute atomic E-state index is 0.0261. The number of fused-ring (bicyclic) bond motifs is 1. The van der Waals surface area contributed by atoms with Crippen LogP contribution in [0.15, 0.2) is 78.0 Å². The van der Waals surface area contributed by atoms with Crippen molar-refractivity contribution < 1.29 is 18.7 Å². The maximum absolute atomic E-state index is 13.7. The van der Waals surface area contributed by atoms with Gasteiger partial charge in [0.2, 0.25) is 5.91 Å². The summed E-state index contributed by atoms with van der Waals surface area (Å²) in [7, 11) is 1.50. The molecule has 10 heteroatoms. The van der Waals surface area contributed by atoms with Crippen molar-refractivity contribution >= 4 is 29.3 Å². The number of para-hydroxylation sites is 2. The molecule has 1 aliphatic heterocycles. The second-order valence-corrected chi connectivity index (χ2v) is 9.60. The Kier molecular flexibility index (Phi) is 7.69. The zero-order chi connectivity index (χ0) is 26.5. The van der Waals surface area contributed by atoms with Crippen LogP contribution in [0.5, 0.6) is 5.75 Å². The van der Waals surface area contributed by atoms with Crippen molar-refractivity contribution in [1.29, 1.82) is 0 Å². The number of aryl methyl sites for hydroxylation is 1. The van der Waals surface area contributed by atoms with E-state index in [1.54, 1.807) is 41.0 Å². The normalized spacial score (nSPS) is 12.6. The predicted octanol–water partition coefficient (Wildman–Crippen LogP) is 4.42. The molecule has 0 atom stereocenters. The van der Waals surface area contributed by atoms with E-state index in [4.69, 9.17) is 4.74 Å². The third-order valence-corrected chi connectivity index (χ3v) is 7.19. The Hall–Kier alpha value is -4.18. The fourth-order valence-corrected chi connectivity index (χ4v) is 5.29. The Labute approximate surface area is 223 Å². The van der Waals surface area contributed by atoms with Crippen LogP contribution in [0.25, 0.3) is 5.69 Å². The molecule has 1 aliphatic rings. The van der Waals surface area contributed by atoms with Gasteiger partial charge in [0, 0.05) is 17.9 Å². The van der Waals surface area contributed by atoms with Gasteiger partial charge in [-0.15, -0.1) is 10.2 Å². The Balaban J connectivity index is 1.35. The minimum Gasteiger partial charge on any atom is -0.496 e. The van der Waals surface area contributed by atoms with Crippen molar-refractivity contribution in [3.8, 4) is 11.4 Å². The molecule has 2 amide bonds. The summed E-state index contributed by atoms with van der Waals surface area (Å²) in [5, 5.41) is 11.9. The van der Waals surface area contributed by atoms with Crippen LogP contribution in [0.4, 0.5) is 10.1 Å². The average molecular weight is 532 g/mol. The first-order valence-corrected chi connectivity index (χ1v) is 13.2. The lowest BCUT2D eigenvalue weighted by molar-refractivity contribution is -0.116. The lowest BCUT2D eigenvalue weighted by atomic mass is 10.0. The van der Waals surface area contributed by atoms with Gasteiger partial charge < -0.3 is 15.0 Å². The van der Waals surface area contributed by atoms with Crippen LogP contribution in [-0.4, -0.2) is 46.0 Å². The lowest BCUT2D eigenvalue weighted by Crippen LogP contribution is -2.36. The van der Waals surface area contributed by atoms with Crippen LogP contribution < -0.4 is 15.0 Å². The van der Waals surface area contributed by atoms with Gasteiger partial charge in [0.05, 0.1) is 25.0 Å². The number of nitrogens with one attached hydrogen (secondary N) is 1. The maximum Gasteiger partial charge on any atom is 0.255 e. The minimum atomic E-state index is -0.374. The van der Waals surface area contributed by atoms with E-state index < -0.39 is 0 Å². The number of hydrogen-bond donors (Lipinski definition) is 1. The Morgan fingerprint density at radius 2 is 1.79 bits per heavy atom. The van der Waals surface area contributed by atoms with E-state index in [2.05, 4.69) is 21.6 Å². The highest BCUT2D eigenvalue weighted by Gasteiger charge is 2.24. The van der Waals surface area contributed by atoms with Crippen molar-refractivity contribution in [3.63, 3.8) is 0 Å². The monoisotopic (exact) mass is 531 g/mol. The molecule has 0 fully saturated rings. The summed E-state index contributed by atoms with van der Waals surface area (Å²) in [6.45, 7) is 0.733. The standard InChI is InChI=1S/C28H26FN5O3S/c1-37-24-11-5-3-9-22(24)27(36)30-17-25-31-32-28(34(25)21-14-12-20(29)13-15-21)38-18-26(35)33-16-6-8-19-7-2-4-10-23(19)33/h2-5,7,9-15H,6,8,16-18H2,1H3,(H,30,36). The molecule has 0 bridgehead atoms. The molecule has 0 radical (unpaired) electrons. The molecule has 8 nitrogen and oxygen atoms in total. The highest BCUT2D eigenvalue weighted by Crippen LogP contribution is 2.29. The summed E-state index contributed by atoms with van der Waals surface area (Å²) in [5.41, 5.74) is 3.13. The second-order valence-electron chi connectivity index (χ2n) is 8.66. The molecule has 5 rings (SSSR count). The average Bonchev–Trinajstić information content (AvgIpc) is 3.37. The summed E-state index contributed by atoms with van der Waals surface area (Å²) in [5.74, 6) is 0.325. The molecule has 0 saturated carbocycles. The van der Waals surface area contributed by atoms with Crippen molar-refractivity contribution in [2.24, 2.45) is 0 Å². The molecular weight excluding hydrogens is 505 g/mol. The van der Waals surface area contributed by atoms with E-state index in [-0.39, 0.29) is 29.9 Å². The van der Waals surface area contributed by atoms with E-state index in [1.165, 1.54) is 36.6 Å². The first-order chi connectivity index (χ1) is 18.5. The highest BCUT2D eigenvalue weighted by molar-refractivity contribution is 7.99. The number of carbonyl (C=O) groups is 2. The van der Waals surface area contributed by atoms with Gasteiger partial charge in [-0.1, -0.05) is 42.1 Å². The molecule has 1 N–H and O–H groups in total. The van der Waals surface area contributed by atoms with E-state index in [0.717, 1.165) is 18.5 Å². The third kappa shape index (κ3) is 5.40. The maximum atomic E-state index is 13.7. The van der Waals surface area contributed by atoms with Crippen molar-refractivity contribution in [3.05, 3.63) is 95.6 Å². The molecule has 38 heavy (non-hydrogen) atoms. The number of benzene rings is 3. The number of aromatic nitrogens is 3. The van der Waals surface area contributed by atoms with Gasteiger partial charge in [0.1, 0.15) is 11.6 Å². The molecule has 194 valence electrons. The molecule has 0 aliphatic carbocycles. The molecule has 4 aromatic rings. The van der Waals surface area contributed by atoms with E-state index in [1.807, 2.05) is 23.1 Å². The predicted molar refractivity (Wildman–Crippen MR) is 143 cm³/mol. The summed E-state index contributed by atoms with van der Waals surface area (Å²) in [6, 6.07) is 20.8. The van der Waals surface area contributed by atoms with Crippen LogP contribution >= 0.6 is 11.8 Å². The second kappa shape index (κ2) is 11.5. The van der Waals surface area contributed by atoms with Gasteiger partial charge in [-0.3, -0.25) is 14.2 Å². The van der Waals surface area contributed by atoms with Crippen LogP contribution in [-0.2, 0) is 17.8 Å². The topological polar surface area (TPSA) is 89.3 Å². The van der Waals surface area contributed by atoms with E-state index >= 15 is 0 Å². The van der Waals surface area contributed by atoms with Gasteiger partial charge >= 0.3 is 0 Å². The summed E-state index contributed by atoms with van der Waals surface area (Å²) >= 11 is 1.25. The van der Waals surface area contributed by atoms with Crippen LogP contribution in [0.3, 0.4) is 0 Å². The smallest absolute Gasteiger partial charge is 0.255 e. The zero-order valence-corrected chi connectivity index (χ0v) is 21.6. The number of carbonyl (C=O) groups excluding carboxylic acids is 2. The number of hydrogen-bond acceptors (Lipinski definition) is 6. The van der Waals surface area contributed by atoms with Gasteiger partial charge in [-0.25, -0.2) is 4.39 Å². The number of anilines is 1. The van der Waals surface area contributed by atoms with Crippen LogP contribution in [0, 0.1) is 5.82 Å². The number of rotatable bonds is 8. The molecule has 3 aromatic carbocycles. The van der Waals surface area contributed by atoms with Crippen LogP contribution in [0.2, 0.25) is 0 Å². The largest absolute Gasteiger partial charge is 0.496 e. The molecule has 0 saturated heterocycles.